The maximum atomic E-state index is 12.2. The number of benzene rings is 2. The second-order valence-corrected chi connectivity index (χ2v) is 6.52. The molecule has 0 spiro atoms. The Kier molecular flexibility index (Phi) is 5.79. The van der Waals surface area contributed by atoms with Crippen molar-refractivity contribution in [1.82, 2.24) is 0 Å². The van der Waals surface area contributed by atoms with Crippen LogP contribution < -0.4 is 14.2 Å². The Morgan fingerprint density at radius 2 is 1.79 bits per heavy atom. The fourth-order valence-corrected chi connectivity index (χ4v) is 3.00. The minimum atomic E-state index is -0.576. The van der Waals surface area contributed by atoms with Gasteiger partial charge in [-0.2, -0.15) is 0 Å². The van der Waals surface area contributed by atoms with Gasteiger partial charge in [-0.05, 0) is 51.8 Å². The summed E-state index contributed by atoms with van der Waals surface area (Å²) >= 11 is 3.41. The van der Waals surface area contributed by atoms with E-state index in [9.17, 15) is 9.59 Å². The Hall–Kier alpha value is -3.13. The highest BCUT2D eigenvalue weighted by Crippen LogP contribution is 2.39. The lowest BCUT2D eigenvalue weighted by Crippen LogP contribution is -2.06. The molecule has 0 N–H and O–H groups in total. The molecule has 0 radical (unpaired) electrons. The number of carbonyl (C=O) groups excluding carboxylic acids is 2. The summed E-state index contributed by atoms with van der Waals surface area (Å²) in [4.78, 5) is 27.9. The Morgan fingerprint density at radius 3 is 2.36 bits per heavy atom. The normalized spacial score (nSPS) is 14.5. The molecule has 0 aromatic heterocycles. The number of cyclic esters (lactones) is 1. The third-order valence-electron chi connectivity index (χ3n) is 3.76. The van der Waals surface area contributed by atoms with Crippen molar-refractivity contribution < 1.29 is 28.5 Å². The minimum Gasteiger partial charge on any atom is -0.493 e. The number of nitrogens with zero attached hydrogens (tertiary/aromatic N) is 1. The van der Waals surface area contributed by atoms with Crippen LogP contribution in [-0.2, 0) is 14.3 Å². The average Bonchev–Trinajstić information content (AvgIpc) is 3.02. The van der Waals surface area contributed by atoms with Crippen molar-refractivity contribution in [3.05, 3.63) is 57.7 Å². The van der Waals surface area contributed by atoms with Crippen molar-refractivity contribution in [2.75, 3.05) is 14.2 Å². The molecule has 1 aliphatic heterocycles. The van der Waals surface area contributed by atoms with Gasteiger partial charge in [0, 0.05) is 11.4 Å². The molecule has 1 heterocycles. The van der Waals surface area contributed by atoms with Crippen LogP contribution in [0.1, 0.15) is 18.1 Å². The van der Waals surface area contributed by atoms with Crippen LogP contribution in [0.3, 0.4) is 0 Å². The SMILES string of the molecule is COc1cc(C=C2N=C(c3ccccc3Br)OC2=O)cc(OC)c1OC(C)=O. The summed E-state index contributed by atoms with van der Waals surface area (Å²) in [7, 11) is 2.87. The van der Waals surface area contributed by atoms with Crippen LogP contribution in [0.15, 0.2) is 51.6 Å². The average molecular weight is 446 g/mol. The van der Waals surface area contributed by atoms with Gasteiger partial charge in [-0.3, -0.25) is 4.79 Å². The predicted molar refractivity (Wildman–Crippen MR) is 106 cm³/mol. The van der Waals surface area contributed by atoms with E-state index in [1.54, 1.807) is 18.2 Å². The summed E-state index contributed by atoms with van der Waals surface area (Å²) in [5, 5.41) is 0. The first kappa shape index (κ1) is 19.6. The topological polar surface area (TPSA) is 83.4 Å². The van der Waals surface area contributed by atoms with E-state index >= 15 is 0 Å². The third-order valence-corrected chi connectivity index (χ3v) is 4.45. The van der Waals surface area contributed by atoms with E-state index in [4.69, 9.17) is 18.9 Å². The number of rotatable bonds is 5. The predicted octanol–water partition coefficient (Wildman–Crippen LogP) is 3.74. The molecular weight excluding hydrogens is 430 g/mol. The molecular formula is C20H16BrNO6. The molecule has 0 saturated carbocycles. The van der Waals surface area contributed by atoms with Gasteiger partial charge in [0.15, 0.2) is 17.2 Å². The van der Waals surface area contributed by atoms with Gasteiger partial charge >= 0.3 is 11.9 Å². The van der Waals surface area contributed by atoms with Gasteiger partial charge in [-0.25, -0.2) is 9.79 Å². The zero-order valence-electron chi connectivity index (χ0n) is 15.3. The molecule has 2 aromatic carbocycles. The lowest BCUT2D eigenvalue weighted by atomic mass is 10.1. The molecule has 3 rings (SSSR count). The number of ether oxygens (including phenoxy) is 4. The number of halogens is 1. The summed E-state index contributed by atoms with van der Waals surface area (Å²) in [5.74, 6) is -0.159. The molecule has 1 aliphatic rings. The molecule has 0 saturated heterocycles. The second kappa shape index (κ2) is 8.26. The number of hydrogen-bond donors (Lipinski definition) is 0. The summed E-state index contributed by atoms with van der Waals surface area (Å²) in [6.07, 6.45) is 1.54. The molecule has 2 aromatic rings. The van der Waals surface area contributed by atoms with Crippen LogP contribution in [0.2, 0.25) is 0 Å². The molecule has 0 unspecified atom stereocenters. The van der Waals surface area contributed by atoms with E-state index in [0.29, 0.717) is 11.1 Å². The smallest absolute Gasteiger partial charge is 0.363 e. The Labute approximate surface area is 169 Å². The highest BCUT2D eigenvalue weighted by molar-refractivity contribution is 9.10. The number of methoxy groups -OCH3 is 2. The van der Waals surface area contributed by atoms with Crippen molar-refractivity contribution in [2.45, 2.75) is 6.92 Å². The summed E-state index contributed by atoms with van der Waals surface area (Å²) in [5.41, 5.74) is 1.35. The fourth-order valence-electron chi connectivity index (χ4n) is 2.54. The highest BCUT2D eigenvalue weighted by Gasteiger charge is 2.26. The van der Waals surface area contributed by atoms with E-state index in [-0.39, 0.29) is 28.8 Å². The van der Waals surface area contributed by atoms with E-state index in [2.05, 4.69) is 20.9 Å². The number of hydrogen-bond acceptors (Lipinski definition) is 7. The lowest BCUT2D eigenvalue weighted by molar-refractivity contribution is -0.132. The molecule has 0 fully saturated rings. The van der Waals surface area contributed by atoms with E-state index in [0.717, 1.165) is 4.47 Å². The van der Waals surface area contributed by atoms with Crippen molar-refractivity contribution in [2.24, 2.45) is 4.99 Å². The zero-order chi connectivity index (χ0) is 20.3. The third kappa shape index (κ3) is 4.07. The van der Waals surface area contributed by atoms with Crippen LogP contribution >= 0.6 is 15.9 Å². The van der Waals surface area contributed by atoms with Crippen molar-refractivity contribution in [3.8, 4) is 17.2 Å². The number of aliphatic imine (C=N–C) groups is 1. The molecule has 28 heavy (non-hydrogen) atoms. The molecule has 7 nitrogen and oxygen atoms in total. The first-order chi connectivity index (χ1) is 13.4. The van der Waals surface area contributed by atoms with Crippen LogP contribution in [0.5, 0.6) is 17.2 Å². The Balaban J connectivity index is 2.02. The first-order valence-corrected chi connectivity index (χ1v) is 8.94. The lowest BCUT2D eigenvalue weighted by Gasteiger charge is -2.13. The summed E-state index contributed by atoms with van der Waals surface area (Å²) in [6, 6.07) is 10.5. The van der Waals surface area contributed by atoms with Gasteiger partial charge in [0.25, 0.3) is 0 Å². The molecule has 0 bridgehead atoms. The van der Waals surface area contributed by atoms with Gasteiger partial charge in [0.2, 0.25) is 11.6 Å². The van der Waals surface area contributed by atoms with Gasteiger partial charge in [0.1, 0.15) is 0 Å². The molecule has 0 aliphatic carbocycles. The molecule has 144 valence electrons. The van der Waals surface area contributed by atoms with Gasteiger partial charge in [0.05, 0.1) is 19.8 Å². The van der Waals surface area contributed by atoms with Crippen molar-refractivity contribution in [3.63, 3.8) is 0 Å². The summed E-state index contributed by atoms with van der Waals surface area (Å²) in [6.45, 7) is 1.28. The quantitative estimate of drug-likeness (QED) is 0.396. The van der Waals surface area contributed by atoms with E-state index < -0.39 is 11.9 Å². The van der Waals surface area contributed by atoms with Gasteiger partial charge < -0.3 is 18.9 Å². The monoisotopic (exact) mass is 445 g/mol. The molecule has 0 amide bonds. The molecule has 8 heteroatoms. The van der Waals surface area contributed by atoms with Crippen LogP contribution in [0.4, 0.5) is 0 Å². The van der Waals surface area contributed by atoms with Gasteiger partial charge in [-0.1, -0.05) is 12.1 Å². The van der Waals surface area contributed by atoms with E-state index in [1.807, 2.05) is 18.2 Å². The van der Waals surface area contributed by atoms with Crippen molar-refractivity contribution in [1.29, 1.82) is 0 Å². The fraction of sp³-hybridized carbons (Fsp3) is 0.150. The van der Waals surface area contributed by atoms with Gasteiger partial charge in [-0.15, -0.1) is 0 Å². The Morgan fingerprint density at radius 1 is 1.14 bits per heavy atom. The maximum absolute atomic E-state index is 12.2. The van der Waals surface area contributed by atoms with Crippen LogP contribution in [0.25, 0.3) is 6.08 Å². The maximum Gasteiger partial charge on any atom is 0.363 e. The standard InChI is InChI=1S/C20H16BrNO6/c1-11(23)27-18-16(25-2)9-12(10-17(18)26-3)8-15-20(24)28-19(22-15)13-6-4-5-7-14(13)21/h4-10H,1-3H3. The number of esters is 2. The zero-order valence-corrected chi connectivity index (χ0v) is 16.9. The van der Waals surface area contributed by atoms with Crippen LogP contribution in [0, 0.1) is 0 Å². The minimum absolute atomic E-state index is 0.120. The number of carbonyl (C=O) groups is 2. The largest absolute Gasteiger partial charge is 0.493 e. The van der Waals surface area contributed by atoms with E-state index in [1.165, 1.54) is 27.2 Å². The second-order valence-electron chi connectivity index (χ2n) is 5.66. The summed E-state index contributed by atoms with van der Waals surface area (Å²) < 4.78 is 21.8. The van der Waals surface area contributed by atoms with Crippen molar-refractivity contribution >= 4 is 39.8 Å². The molecule has 0 atom stereocenters. The highest BCUT2D eigenvalue weighted by atomic mass is 79.9. The first-order valence-electron chi connectivity index (χ1n) is 8.15. The Bertz CT molecular complexity index is 987. The van der Waals surface area contributed by atoms with Crippen LogP contribution in [-0.4, -0.2) is 32.1 Å².